The molecule has 0 radical (unpaired) electrons. The summed E-state index contributed by atoms with van der Waals surface area (Å²) < 4.78 is 0. The second-order valence-electron chi connectivity index (χ2n) is 4.10. The highest BCUT2D eigenvalue weighted by molar-refractivity contribution is 5.76. The average molecular weight is 222 g/mol. The van der Waals surface area contributed by atoms with E-state index in [-0.39, 0.29) is 17.7 Å². The Morgan fingerprint density at radius 1 is 1.44 bits per heavy atom. The van der Waals surface area contributed by atoms with Gasteiger partial charge in [-0.25, -0.2) is 0 Å². The summed E-state index contributed by atoms with van der Waals surface area (Å²) in [6.07, 6.45) is 0.356. The van der Waals surface area contributed by atoms with E-state index in [1.54, 1.807) is 36.2 Å². The molecule has 1 rings (SSSR count). The molecule has 4 heteroatoms. The van der Waals surface area contributed by atoms with Crippen LogP contribution in [-0.2, 0) is 11.3 Å². The Balaban J connectivity index is 2.53. The minimum atomic E-state index is -0.116. The molecule has 0 aromatic heterocycles. The number of nitrogens with two attached hydrogens (primary N) is 1. The number of rotatable bonds is 4. The van der Waals surface area contributed by atoms with Crippen LogP contribution in [0.2, 0.25) is 0 Å². The number of hydrogen-bond donors (Lipinski definition) is 2. The molecule has 0 saturated carbocycles. The molecule has 0 aliphatic carbocycles. The van der Waals surface area contributed by atoms with Gasteiger partial charge in [0.05, 0.1) is 0 Å². The van der Waals surface area contributed by atoms with Gasteiger partial charge >= 0.3 is 0 Å². The summed E-state index contributed by atoms with van der Waals surface area (Å²) in [6.45, 7) is 2.35. The fraction of sp³-hybridized carbons (Fsp3) is 0.417. The first-order valence-corrected chi connectivity index (χ1v) is 5.26. The molecule has 0 bridgehead atoms. The lowest BCUT2D eigenvalue weighted by atomic mass is 10.2. The molecule has 1 atom stereocenters. The quantitative estimate of drug-likeness (QED) is 0.801. The van der Waals surface area contributed by atoms with Gasteiger partial charge in [0.1, 0.15) is 5.75 Å². The molecular formula is C12H18N2O2. The number of carbonyl (C=O) groups is 1. The van der Waals surface area contributed by atoms with Crippen LogP contribution in [0.4, 0.5) is 0 Å². The maximum absolute atomic E-state index is 11.6. The lowest BCUT2D eigenvalue weighted by Gasteiger charge is -2.18. The highest BCUT2D eigenvalue weighted by Crippen LogP contribution is 2.11. The number of amides is 1. The van der Waals surface area contributed by atoms with Gasteiger partial charge in [-0.3, -0.25) is 4.79 Å². The molecule has 3 N–H and O–H groups in total. The van der Waals surface area contributed by atoms with Crippen LogP contribution < -0.4 is 5.73 Å². The smallest absolute Gasteiger partial charge is 0.224 e. The van der Waals surface area contributed by atoms with E-state index in [0.29, 0.717) is 13.0 Å². The number of carbonyl (C=O) groups excluding carboxylic acids is 1. The third-order valence-corrected chi connectivity index (χ3v) is 2.28. The maximum atomic E-state index is 11.6. The van der Waals surface area contributed by atoms with E-state index in [1.165, 1.54) is 0 Å². The number of benzene rings is 1. The van der Waals surface area contributed by atoms with Gasteiger partial charge in [-0.1, -0.05) is 12.1 Å². The van der Waals surface area contributed by atoms with Crippen LogP contribution in [0.1, 0.15) is 18.9 Å². The van der Waals surface area contributed by atoms with Gasteiger partial charge in [0.15, 0.2) is 0 Å². The average Bonchev–Trinajstić information content (AvgIpc) is 2.20. The zero-order chi connectivity index (χ0) is 12.1. The Morgan fingerprint density at radius 2 is 2.00 bits per heavy atom. The van der Waals surface area contributed by atoms with Gasteiger partial charge in [0.2, 0.25) is 5.91 Å². The van der Waals surface area contributed by atoms with Crippen molar-refractivity contribution in [3.8, 4) is 5.75 Å². The van der Waals surface area contributed by atoms with E-state index in [0.717, 1.165) is 5.56 Å². The minimum absolute atomic E-state index is 0.0306. The van der Waals surface area contributed by atoms with Gasteiger partial charge in [0.25, 0.3) is 0 Å². The molecule has 1 amide bonds. The van der Waals surface area contributed by atoms with Gasteiger partial charge in [0, 0.05) is 26.1 Å². The molecule has 4 nitrogen and oxygen atoms in total. The van der Waals surface area contributed by atoms with E-state index in [9.17, 15) is 4.79 Å². The molecule has 0 aliphatic heterocycles. The predicted octanol–water partition coefficient (Wildman–Crippen LogP) is 1.09. The Kier molecular flexibility index (Phi) is 4.31. The third kappa shape index (κ3) is 3.90. The van der Waals surface area contributed by atoms with Crippen molar-refractivity contribution in [3.05, 3.63) is 29.8 Å². The summed E-state index contributed by atoms with van der Waals surface area (Å²) in [5.41, 5.74) is 6.55. The maximum Gasteiger partial charge on any atom is 0.224 e. The molecule has 0 saturated heterocycles. The van der Waals surface area contributed by atoms with Crippen molar-refractivity contribution in [1.29, 1.82) is 0 Å². The fourth-order valence-corrected chi connectivity index (χ4v) is 1.39. The van der Waals surface area contributed by atoms with Crippen LogP contribution in [0, 0.1) is 0 Å². The summed E-state index contributed by atoms with van der Waals surface area (Å²) in [5.74, 6) is 0.261. The fourth-order valence-electron chi connectivity index (χ4n) is 1.39. The van der Waals surface area contributed by atoms with Crippen LogP contribution in [0.15, 0.2) is 24.3 Å². The molecule has 0 aliphatic rings. The first-order chi connectivity index (χ1) is 7.49. The summed E-state index contributed by atoms with van der Waals surface area (Å²) in [6, 6.07) is 6.70. The second-order valence-corrected chi connectivity index (χ2v) is 4.10. The SMILES string of the molecule is CC(N)CC(=O)N(C)Cc1ccc(O)cc1. The van der Waals surface area contributed by atoms with Crippen LogP contribution in [0.25, 0.3) is 0 Å². The Hall–Kier alpha value is -1.55. The molecular weight excluding hydrogens is 204 g/mol. The first-order valence-electron chi connectivity index (χ1n) is 5.26. The van der Waals surface area contributed by atoms with Crippen molar-refractivity contribution in [2.75, 3.05) is 7.05 Å². The van der Waals surface area contributed by atoms with Crippen molar-refractivity contribution in [1.82, 2.24) is 4.90 Å². The van der Waals surface area contributed by atoms with Crippen molar-refractivity contribution in [3.63, 3.8) is 0 Å². The highest BCUT2D eigenvalue weighted by Gasteiger charge is 2.10. The number of phenolic OH excluding ortho intramolecular Hbond substituents is 1. The van der Waals surface area contributed by atoms with Crippen molar-refractivity contribution < 1.29 is 9.90 Å². The van der Waals surface area contributed by atoms with Crippen LogP contribution in [0.5, 0.6) is 5.75 Å². The standard InChI is InChI=1S/C12H18N2O2/c1-9(13)7-12(16)14(2)8-10-3-5-11(15)6-4-10/h3-6,9,15H,7-8,13H2,1-2H3. The summed E-state index contributed by atoms with van der Waals surface area (Å²) in [4.78, 5) is 13.3. The second kappa shape index (κ2) is 5.51. The van der Waals surface area contributed by atoms with Gasteiger partial charge in [-0.05, 0) is 24.6 Å². The molecule has 16 heavy (non-hydrogen) atoms. The van der Waals surface area contributed by atoms with E-state index < -0.39 is 0 Å². The van der Waals surface area contributed by atoms with E-state index >= 15 is 0 Å². The van der Waals surface area contributed by atoms with Crippen LogP contribution in [0.3, 0.4) is 0 Å². The Labute approximate surface area is 95.7 Å². The minimum Gasteiger partial charge on any atom is -0.508 e. The lowest BCUT2D eigenvalue weighted by Crippen LogP contribution is -2.31. The Morgan fingerprint density at radius 3 is 2.50 bits per heavy atom. The first kappa shape index (κ1) is 12.5. The zero-order valence-corrected chi connectivity index (χ0v) is 9.68. The summed E-state index contributed by atoms with van der Waals surface area (Å²) in [5, 5.41) is 9.12. The monoisotopic (exact) mass is 222 g/mol. The Bertz CT molecular complexity index is 347. The van der Waals surface area contributed by atoms with Crippen LogP contribution >= 0.6 is 0 Å². The molecule has 0 spiro atoms. The third-order valence-electron chi connectivity index (χ3n) is 2.28. The van der Waals surface area contributed by atoms with Crippen molar-refractivity contribution in [2.45, 2.75) is 25.9 Å². The largest absolute Gasteiger partial charge is 0.508 e. The summed E-state index contributed by atoms with van der Waals surface area (Å²) >= 11 is 0. The normalized spacial score (nSPS) is 12.2. The van der Waals surface area contributed by atoms with Gasteiger partial charge < -0.3 is 15.7 Å². The molecule has 0 heterocycles. The lowest BCUT2D eigenvalue weighted by molar-refractivity contribution is -0.130. The molecule has 88 valence electrons. The van der Waals surface area contributed by atoms with Crippen LogP contribution in [-0.4, -0.2) is 29.0 Å². The number of nitrogens with zero attached hydrogens (tertiary/aromatic N) is 1. The summed E-state index contributed by atoms with van der Waals surface area (Å²) in [7, 11) is 1.75. The molecule has 1 aromatic rings. The van der Waals surface area contributed by atoms with Crippen molar-refractivity contribution in [2.24, 2.45) is 5.73 Å². The number of hydrogen-bond acceptors (Lipinski definition) is 3. The molecule has 1 unspecified atom stereocenters. The van der Waals surface area contributed by atoms with Crippen molar-refractivity contribution >= 4 is 5.91 Å². The van der Waals surface area contributed by atoms with E-state index in [4.69, 9.17) is 10.8 Å². The predicted molar refractivity (Wildman–Crippen MR) is 62.8 cm³/mol. The van der Waals surface area contributed by atoms with Gasteiger partial charge in [-0.2, -0.15) is 0 Å². The number of aromatic hydroxyl groups is 1. The van der Waals surface area contributed by atoms with Gasteiger partial charge in [-0.15, -0.1) is 0 Å². The molecule has 1 aromatic carbocycles. The zero-order valence-electron chi connectivity index (χ0n) is 9.68. The molecule has 0 fully saturated rings. The van der Waals surface area contributed by atoms with E-state index in [1.807, 2.05) is 6.92 Å². The number of phenols is 1. The highest BCUT2D eigenvalue weighted by atomic mass is 16.3. The topological polar surface area (TPSA) is 66.6 Å². The van der Waals surface area contributed by atoms with E-state index in [2.05, 4.69) is 0 Å².